The molecule has 0 spiro atoms. The van der Waals surface area contributed by atoms with E-state index in [0.29, 0.717) is 41.2 Å². The zero-order valence-corrected chi connectivity index (χ0v) is 15.5. The zero-order chi connectivity index (χ0) is 18.5. The smallest absolute Gasteiger partial charge is 0.304 e. The standard InChI is InChI=1S/C19H19Cl2NO4/c20-14-9-15(21)11-17(10-14)26-16-3-1-13(2-4-16)18-12-22(7-8-25-18)6-5-19(23)24/h1-4,9-11,18H,5-8,12H2,(H,23,24). The molecule has 1 fully saturated rings. The van der Waals surface area contributed by atoms with Crippen molar-refractivity contribution < 1.29 is 19.4 Å². The Bertz CT molecular complexity index is 746. The predicted molar refractivity (Wildman–Crippen MR) is 100 cm³/mol. The number of hydrogen-bond acceptors (Lipinski definition) is 4. The highest BCUT2D eigenvalue weighted by atomic mass is 35.5. The molecule has 3 rings (SSSR count). The first-order chi connectivity index (χ1) is 12.5. The lowest BCUT2D eigenvalue weighted by Gasteiger charge is -2.32. The Labute approximate surface area is 162 Å². The van der Waals surface area contributed by atoms with Gasteiger partial charge < -0.3 is 14.6 Å². The maximum absolute atomic E-state index is 10.7. The van der Waals surface area contributed by atoms with E-state index in [2.05, 4.69) is 4.90 Å². The highest BCUT2D eigenvalue weighted by molar-refractivity contribution is 6.34. The number of nitrogens with zero attached hydrogens (tertiary/aromatic N) is 1. The average molecular weight is 396 g/mol. The number of benzene rings is 2. The minimum absolute atomic E-state index is 0.0767. The monoisotopic (exact) mass is 395 g/mol. The van der Waals surface area contributed by atoms with Crippen LogP contribution in [0.2, 0.25) is 10.0 Å². The zero-order valence-electron chi connectivity index (χ0n) is 14.0. The second-order valence-electron chi connectivity index (χ2n) is 6.08. The molecule has 0 amide bonds. The van der Waals surface area contributed by atoms with Gasteiger partial charge in [0.05, 0.1) is 19.1 Å². The van der Waals surface area contributed by atoms with E-state index < -0.39 is 5.97 Å². The molecule has 7 heteroatoms. The van der Waals surface area contributed by atoms with Gasteiger partial charge >= 0.3 is 5.97 Å². The normalized spacial score (nSPS) is 17.8. The van der Waals surface area contributed by atoms with Gasteiger partial charge in [-0.3, -0.25) is 9.69 Å². The van der Waals surface area contributed by atoms with Crippen LogP contribution in [-0.2, 0) is 9.53 Å². The molecule has 1 unspecified atom stereocenters. The Morgan fingerprint density at radius 2 is 1.85 bits per heavy atom. The summed E-state index contributed by atoms with van der Waals surface area (Å²) in [5.74, 6) is 0.463. The van der Waals surface area contributed by atoms with Gasteiger partial charge in [0.2, 0.25) is 0 Å². The highest BCUT2D eigenvalue weighted by Gasteiger charge is 2.22. The first-order valence-corrected chi connectivity index (χ1v) is 9.05. The molecule has 0 aromatic heterocycles. The minimum atomic E-state index is -0.782. The van der Waals surface area contributed by atoms with Crippen LogP contribution in [-0.4, -0.2) is 42.2 Å². The van der Waals surface area contributed by atoms with E-state index in [9.17, 15) is 4.79 Å². The van der Waals surface area contributed by atoms with Gasteiger partial charge in [-0.15, -0.1) is 0 Å². The first-order valence-electron chi connectivity index (χ1n) is 8.29. The third-order valence-corrected chi connectivity index (χ3v) is 4.55. The summed E-state index contributed by atoms with van der Waals surface area (Å²) in [6.45, 7) is 2.55. The Kier molecular flexibility index (Phi) is 6.38. The van der Waals surface area contributed by atoms with E-state index in [1.165, 1.54) is 0 Å². The second-order valence-corrected chi connectivity index (χ2v) is 6.95. The molecule has 1 aliphatic heterocycles. The molecular weight excluding hydrogens is 377 g/mol. The van der Waals surface area contributed by atoms with Crippen LogP contribution in [0.4, 0.5) is 0 Å². The molecule has 0 bridgehead atoms. The summed E-state index contributed by atoms with van der Waals surface area (Å²) < 4.78 is 11.6. The topological polar surface area (TPSA) is 59.0 Å². The summed E-state index contributed by atoms with van der Waals surface area (Å²) in [5.41, 5.74) is 1.03. The van der Waals surface area contributed by atoms with Gasteiger partial charge in [0.25, 0.3) is 0 Å². The Morgan fingerprint density at radius 1 is 1.15 bits per heavy atom. The average Bonchev–Trinajstić information content (AvgIpc) is 2.60. The molecule has 1 atom stereocenters. The van der Waals surface area contributed by atoms with Crippen molar-refractivity contribution in [1.29, 1.82) is 0 Å². The van der Waals surface area contributed by atoms with E-state index in [1.807, 2.05) is 24.3 Å². The fourth-order valence-electron chi connectivity index (χ4n) is 2.84. The molecule has 2 aromatic carbocycles. The van der Waals surface area contributed by atoms with Crippen molar-refractivity contribution in [3.05, 3.63) is 58.1 Å². The third-order valence-electron chi connectivity index (χ3n) is 4.12. The van der Waals surface area contributed by atoms with Crippen LogP contribution in [0.25, 0.3) is 0 Å². The lowest BCUT2D eigenvalue weighted by molar-refractivity contribution is -0.137. The molecule has 5 nitrogen and oxygen atoms in total. The molecule has 0 saturated carbocycles. The van der Waals surface area contributed by atoms with Crippen LogP contribution in [0, 0.1) is 0 Å². The van der Waals surface area contributed by atoms with Gasteiger partial charge in [-0.2, -0.15) is 0 Å². The SMILES string of the molecule is O=C(O)CCN1CCOC(c2ccc(Oc3cc(Cl)cc(Cl)c3)cc2)C1. The maximum Gasteiger partial charge on any atom is 0.304 e. The van der Waals surface area contributed by atoms with Gasteiger partial charge in [-0.05, 0) is 35.9 Å². The van der Waals surface area contributed by atoms with Crippen molar-refractivity contribution in [3.8, 4) is 11.5 Å². The van der Waals surface area contributed by atoms with Gasteiger partial charge in [0, 0.05) is 29.7 Å². The number of rotatable bonds is 6. The number of carboxylic acids is 1. The van der Waals surface area contributed by atoms with Crippen molar-refractivity contribution in [3.63, 3.8) is 0 Å². The predicted octanol–water partition coefficient (Wildman–Crippen LogP) is 4.63. The van der Waals surface area contributed by atoms with Crippen molar-refractivity contribution in [2.75, 3.05) is 26.2 Å². The van der Waals surface area contributed by atoms with Crippen LogP contribution < -0.4 is 4.74 Å². The third kappa shape index (κ3) is 5.35. The van der Waals surface area contributed by atoms with Crippen molar-refractivity contribution in [2.45, 2.75) is 12.5 Å². The number of aliphatic carboxylic acids is 1. The quantitative estimate of drug-likeness (QED) is 0.771. The van der Waals surface area contributed by atoms with Crippen LogP contribution in [0.15, 0.2) is 42.5 Å². The summed E-state index contributed by atoms with van der Waals surface area (Å²) >= 11 is 12.0. The molecule has 1 heterocycles. The number of halogens is 2. The molecule has 2 aromatic rings. The van der Waals surface area contributed by atoms with Crippen LogP contribution in [0.1, 0.15) is 18.1 Å². The molecule has 1 saturated heterocycles. The Hall–Kier alpha value is -1.79. The highest BCUT2D eigenvalue weighted by Crippen LogP contribution is 2.30. The summed E-state index contributed by atoms with van der Waals surface area (Å²) in [7, 11) is 0. The molecule has 1 aliphatic rings. The lowest BCUT2D eigenvalue weighted by Crippen LogP contribution is -2.39. The van der Waals surface area contributed by atoms with Crippen molar-refractivity contribution >= 4 is 29.2 Å². The van der Waals surface area contributed by atoms with Gasteiger partial charge in [-0.1, -0.05) is 35.3 Å². The van der Waals surface area contributed by atoms with Gasteiger partial charge in [0.15, 0.2) is 0 Å². The van der Waals surface area contributed by atoms with Gasteiger partial charge in [-0.25, -0.2) is 0 Å². The molecule has 26 heavy (non-hydrogen) atoms. The lowest BCUT2D eigenvalue weighted by atomic mass is 10.1. The molecular formula is C19H19Cl2NO4. The van der Waals surface area contributed by atoms with Crippen molar-refractivity contribution in [1.82, 2.24) is 4.90 Å². The van der Waals surface area contributed by atoms with E-state index in [-0.39, 0.29) is 12.5 Å². The summed E-state index contributed by atoms with van der Waals surface area (Å²) in [6.07, 6.45) is 0.0639. The molecule has 0 aliphatic carbocycles. The number of carbonyl (C=O) groups is 1. The first kappa shape index (κ1) is 19.0. The fraction of sp³-hybridized carbons (Fsp3) is 0.316. The molecule has 0 radical (unpaired) electrons. The van der Waals surface area contributed by atoms with E-state index in [4.69, 9.17) is 37.8 Å². The summed E-state index contributed by atoms with van der Waals surface area (Å²) in [6, 6.07) is 12.7. The number of hydrogen-bond donors (Lipinski definition) is 1. The molecule has 1 N–H and O–H groups in total. The Balaban J connectivity index is 1.62. The summed E-state index contributed by atoms with van der Waals surface area (Å²) in [4.78, 5) is 12.8. The maximum atomic E-state index is 10.7. The summed E-state index contributed by atoms with van der Waals surface area (Å²) in [5, 5.41) is 9.85. The number of morpholine rings is 1. The molecule has 138 valence electrons. The van der Waals surface area contributed by atoms with Crippen LogP contribution in [0.3, 0.4) is 0 Å². The van der Waals surface area contributed by atoms with E-state index in [0.717, 1.165) is 12.1 Å². The van der Waals surface area contributed by atoms with Crippen LogP contribution in [0.5, 0.6) is 11.5 Å². The largest absolute Gasteiger partial charge is 0.481 e. The van der Waals surface area contributed by atoms with Gasteiger partial charge in [0.1, 0.15) is 11.5 Å². The van der Waals surface area contributed by atoms with Crippen LogP contribution >= 0.6 is 23.2 Å². The van der Waals surface area contributed by atoms with E-state index in [1.54, 1.807) is 18.2 Å². The van der Waals surface area contributed by atoms with E-state index >= 15 is 0 Å². The number of carboxylic acid groups (broad SMARTS) is 1. The van der Waals surface area contributed by atoms with Crippen molar-refractivity contribution in [2.24, 2.45) is 0 Å². The Morgan fingerprint density at radius 3 is 2.50 bits per heavy atom. The number of ether oxygens (including phenoxy) is 2. The fourth-order valence-corrected chi connectivity index (χ4v) is 3.34. The minimum Gasteiger partial charge on any atom is -0.481 e. The second kappa shape index (κ2) is 8.73.